The number of carboxylic acid groups (broad SMARTS) is 1. The summed E-state index contributed by atoms with van der Waals surface area (Å²) in [4.78, 5) is 29.5. The van der Waals surface area contributed by atoms with Gasteiger partial charge < -0.3 is 14.9 Å². The Morgan fingerprint density at radius 1 is 1.08 bits per heavy atom. The van der Waals surface area contributed by atoms with Crippen molar-refractivity contribution in [3.05, 3.63) is 48.5 Å². The highest BCUT2D eigenvalue weighted by Crippen LogP contribution is 2.47. The average Bonchev–Trinajstić information content (AvgIpc) is 2.64. The third kappa shape index (κ3) is 3.85. The molecule has 6 heteroatoms. The lowest BCUT2D eigenvalue weighted by molar-refractivity contribution is -0.142. The van der Waals surface area contributed by atoms with Crippen molar-refractivity contribution in [3.8, 4) is 0 Å². The number of fused-ring (bicyclic) bond motifs is 2. The van der Waals surface area contributed by atoms with E-state index in [1.807, 2.05) is 24.3 Å². The second kappa shape index (κ2) is 7.83. The van der Waals surface area contributed by atoms with Crippen LogP contribution in [0.3, 0.4) is 0 Å². The third-order valence-corrected chi connectivity index (χ3v) is 5.61. The first-order valence-corrected chi connectivity index (χ1v) is 9.39. The monoisotopic (exact) mass is 370 g/mol. The third-order valence-electron chi connectivity index (χ3n) is 4.48. The summed E-state index contributed by atoms with van der Waals surface area (Å²) in [7, 11) is 1.66. The minimum Gasteiger partial charge on any atom is -0.481 e. The van der Waals surface area contributed by atoms with E-state index in [0.29, 0.717) is 13.0 Å². The van der Waals surface area contributed by atoms with Gasteiger partial charge in [-0.2, -0.15) is 0 Å². The molecule has 0 fully saturated rings. The quantitative estimate of drug-likeness (QED) is 0.837. The lowest BCUT2D eigenvalue weighted by Crippen LogP contribution is -2.35. The van der Waals surface area contributed by atoms with Gasteiger partial charge in [0.1, 0.15) is 0 Å². The number of para-hydroxylation sites is 2. The number of aliphatic carboxylic acids is 1. The molecule has 0 spiro atoms. The van der Waals surface area contributed by atoms with Gasteiger partial charge in [0.15, 0.2) is 0 Å². The van der Waals surface area contributed by atoms with Crippen LogP contribution in [0.5, 0.6) is 0 Å². The Morgan fingerprint density at radius 2 is 1.62 bits per heavy atom. The van der Waals surface area contributed by atoms with Crippen molar-refractivity contribution >= 4 is 35.0 Å². The first-order valence-electron chi connectivity index (χ1n) is 8.57. The highest BCUT2D eigenvalue weighted by Gasteiger charge is 2.24. The topological polar surface area (TPSA) is 60.9 Å². The number of rotatable bonds is 6. The molecule has 136 valence electrons. The summed E-state index contributed by atoms with van der Waals surface area (Å²) in [5, 5.41) is 9.02. The summed E-state index contributed by atoms with van der Waals surface area (Å²) in [6.07, 6.45) is 0.330. The van der Waals surface area contributed by atoms with Crippen LogP contribution in [0.4, 0.5) is 11.4 Å². The predicted octanol–water partition coefficient (Wildman–Crippen LogP) is 3.86. The number of nitrogens with zero attached hydrogens (tertiary/aromatic N) is 2. The van der Waals surface area contributed by atoms with Crippen molar-refractivity contribution in [1.82, 2.24) is 4.90 Å². The highest BCUT2D eigenvalue weighted by atomic mass is 32.2. The van der Waals surface area contributed by atoms with E-state index in [1.165, 1.54) is 14.7 Å². The van der Waals surface area contributed by atoms with Crippen molar-refractivity contribution in [2.75, 3.05) is 25.0 Å². The first kappa shape index (κ1) is 18.3. The van der Waals surface area contributed by atoms with Crippen molar-refractivity contribution < 1.29 is 14.7 Å². The van der Waals surface area contributed by atoms with E-state index < -0.39 is 11.9 Å². The zero-order valence-electron chi connectivity index (χ0n) is 14.9. The average molecular weight is 370 g/mol. The number of hydrogen-bond acceptors (Lipinski definition) is 4. The highest BCUT2D eigenvalue weighted by molar-refractivity contribution is 7.99. The van der Waals surface area contributed by atoms with Gasteiger partial charge in [-0.15, -0.1) is 0 Å². The van der Waals surface area contributed by atoms with Gasteiger partial charge in [-0.3, -0.25) is 9.59 Å². The molecule has 26 heavy (non-hydrogen) atoms. The fourth-order valence-corrected chi connectivity index (χ4v) is 4.11. The molecule has 0 saturated heterocycles. The Labute approximate surface area is 157 Å². The molecule has 1 N–H and O–H groups in total. The van der Waals surface area contributed by atoms with E-state index in [1.54, 1.807) is 25.7 Å². The molecule has 1 heterocycles. The van der Waals surface area contributed by atoms with Gasteiger partial charge in [0.05, 0.1) is 17.3 Å². The van der Waals surface area contributed by atoms with Gasteiger partial charge in [0, 0.05) is 36.3 Å². The number of carboxylic acids is 1. The fraction of sp³-hybridized carbons (Fsp3) is 0.300. The van der Waals surface area contributed by atoms with E-state index in [2.05, 4.69) is 29.2 Å². The Morgan fingerprint density at radius 3 is 2.15 bits per heavy atom. The maximum Gasteiger partial charge on any atom is 0.308 e. The van der Waals surface area contributed by atoms with E-state index >= 15 is 0 Å². The Balaban J connectivity index is 1.74. The Kier molecular flexibility index (Phi) is 5.52. The molecular formula is C20H22N2O3S. The normalized spacial score (nSPS) is 13.5. The lowest BCUT2D eigenvalue weighted by atomic mass is 10.1. The van der Waals surface area contributed by atoms with Crippen molar-refractivity contribution in [3.63, 3.8) is 0 Å². The lowest BCUT2D eigenvalue weighted by Gasteiger charge is -2.33. The van der Waals surface area contributed by atoms with Crippen LogP contribution in [0.2, 0.25) is 0 Å². The maximum atomic E-state index is 12.5. The molecule has 0 aliphatic carbocycles. The number of hydrogen-bond donors (Lipinski definition) is 1. The molecule has 0 radical (unpaired) electrons. The second-order valence-corrected chi connectivity index (χ2v) is 7.54. The van der Waals surface area contributed by atoms with E-state index in [9.17, 15) is 9.59 Å². The Bertz CT molecular complexity index is 779. The van der Waals surface area contributed by atoms with E-state index in [-0.39, 0.29) is 12.5 Å². The zero-order chi connectivity index (χ0) is 18.7. The Hall–Kier alpha value is -2.47. The first-order chi connectivity index (χ1) is 12.5. The standard InChI is InChI=1S/C20H22N2O3S/c1-14(20(24)25)13-21(2)19(23)11-12-22-15-7-3-5-9-17(15)26-18-10-6-4-8-16(18)22/h3-10,14H,11-13H2,1-2H3,(H,24,25). The van der Waals surface area contributed by atoms with Crippen LogP contribution >= 0.6 is 11.8 Å². The summed E-state index contributed by atoms with van der Waals surface area (Å²) in [6.45, 7) is 2.39. The number of carbonyl (C=O) groups is 2. The van der Waals surface area contributed by atoms with Gasteiger partial charge in [-0.1, -0.05) is 43.0 Å². The fourth-order valence-electron chi connectivity index (χ4n) is 3.01. The summed E-state index contributed by atoms with van der Waals surface area (Å²) >= 11 is 1.74. The molecule has 1 aliphatic rings. The number of carbonyl (C=O) groups excluding carboxylic acids is 1. The molecule has 1 amide bonds. The van der Waals surface area contributed by atoms with Gasteiger partial charge in [-0.25, -0.2) is 0 Å². The van der Waals surface area contributed by atoms with Crippen LogP contribution in [0.15, 0.2) is 58.3 Å². The van der Waals surface area contributed by atoms with Crippen molar-refractivity contribution in [2.45, 2.75) is 23.1 Å². The van der Waals surface area contributed by atoms with Crippen molar-refractivity contribution in [2.24, 2.45) is 5.92 Å². The van der Waals surface area contributed by atoms with Crippen LogP contribution < -0.4 is 4.90 Å². The van der Waals surface area contributed by atoms with Crippen LogP contribution in [0.25, 0.3) is 0 Å². The van der Waals surface area contributed by atoms with Crippen LogP contribution in [-0.4, -0.2) is 42.0 Å². The molecule has 5 nitrogen and oxygen atoms in total. The number of benzene rings is 2. The predicted molar refractivity (Wildman–Crippen MR) is 103 cm³/mol. The molecule has 1 unspecified atom stereocenters. The largest absolute Gasteiger partial charge is 0.481 e. The van der Waals surface area contributed by atoms with Crippen molar-refractivity contribution in [1.29, 1.82) is 0 Å². The van der Waals surface area contributed by atoms with E-state index in [4.69, 9.17) is 5.11 Å². The minimum absolute atomic E-state index is 0.0497. The summed E-state index contributed by atoms with van der Waals surface area (Å²) in [5.74, 6) is -1.51. The summed E-state index contributed by atoms with van der Waals surface area (Å²) in [5.41, 5.74) is 2.20. The zero-order valence-corrected chi connectivity index (χ0v) is 15.7. The van der Waals surface area contributed by atoms with Crippen LogP contribution in [0, 0.1) is 5.92 Å². The van der Waals surface area contributed by atoms with Gasteiger partial charge in [0.25, 0.3) is 0 Å². The second-order valence-electron chi connectivity index (χ2n) is 6.45. The molecule has 3 rings (SSSR count). The minimum atomic E-state index is -0.888. The maximum absolute atomic E-state index is 12.5. The van der Waals surface area contributed by atoms with E-state index in [0.717, 1.165) is 11.4 Å². The summed E-state index contributed by atoms with van der Waals surface area (Å²) < 4.78 is 0. The van der Waals surface area contributed by atoms with Crippen LogP contribution in [0.1, 0.15) is 13.3 Å². The van der Waals surface area contributed by atoms with Crippen LogP contribution in [-0.2, 0) is 9.59 Å². The molecule has 0 bridgehead atoms. The molecule has 1 atom stereocenters. The molecule has 0 aromatic heterocycles. The molecule has 2 aromatic carbocycles. The number of amides is 1. The molecule has 1 aliphatic heterocycles. The molecule has 0 saturated carbocycles. The SMILES string of the molecule is CC(CN(C)C(=O)CCN1c2ccccc2Sc2ccccc21)C(=O)O. The smallest absolute Gasteiger partial charge is 0.308 e. The molecular weight excluding hydrogens is 348 g/mol. The van der Waals surface area contributed by atoms with Gasteiger partial charge in [0.2, 0.25) is 5.91 Å². The number of anilines is 2. The summed E-state index contributed by atoms with van der Waals surface area (Å²) in [6, 6.07) is 16.4. The van der Waals surface area contributed by atoms with Gasteiger partial charge >= 0.3 is 5.97 Å². The molecule has 2 aromatic rings. The van der Waals surface area contributed by atoms with Gasteiger partial charge in [-0.05, 0) is 24.3 Å².